The number of hydrogen-bond acceptors (Lipinski definition) is 4. The molecule has 0 bridgehead atoms. The largest absolute Gasteiger partial charge is 0.348 e. The fourth-order valence-corrected chi connectivity index (χ4v) is 3.69. The molecule has 0 saturated carbocycles. The summed E-state index contributed by atoms with van der Waals surface area (Å²) in [6, 6.07) is 0. The van der Waals surface area contributed by atoms with Crippen LogP contribution in [0.3, 0.4) is 0 Å². The monoisotopic (exact) mass is 256 g/mol. The lowest BCUT2D eigenvalue weighted by Crippen LogP contribution is -2.34. The first-order chi connectivity index (χ1) is 7.74. The van der Waals surface area contributed by atoms with Crippen molar-refractivity contribution in [1.29, 1.82) is 0 Å². The highest BCUT2D eigenvalue weighted by molar-refractivity contribution is 7.79. The number of anilines is 1. The number of rotatable bonds is 3. The molecule has 1 saturated heterocycles. The quantitative estimate of drug-likeness (QED) is 0.835. The van der Waals surface area contributed by atoms with Gasteiger partial charge < -0.3 is 4.90 Å². The molecule has 1 aromatic rings. The molecule has 0 radical (unpaired) electrons. The van der Waals surface area contributed by atoms with Gasteiger partial charge in [0, 0.05) is 23.7 Å². The van der Waals surface area contributed by atoms with Crippen LogP contribution in [0, 0.1) is 5.92 Å². The molecule has 1 aromatic heterocycles. The second-order valence-electron chi connectivity index (χ2n) is 4.57. The number of thiol groups is 1. The van der Waals surface area contributed by atoms with Crippen LogP contribution in [-0.2, 0) is 12.2 Å². The first-order valence-electron chi connectivity index (χ1n) is 6.09. The lowest BCUT2D eigenvalue weighted by molar-refractivity contribution is 0.446. The van der Waals surface area contributed by atoms with E-state index in [1.54, 1.807) is 0 Å². The van der Waals surface area contributed by atoms with Crippen molar-refractivity contribution in [3.8, 4) is 0 Å². The fraction of sp³-hybridized carbons (Fsp3) is 0.750. The number of thiazole rings is 1. The van der Waals surface area contributed by atoms with Crippen molar-refractivity contribution in [2.45, 2.75) is 38.9 Å². The van der Waals surface area contributed by atoms with Crippen molar-refractivity contribution in [3.05, 3.63) is 10.6 Å². The summed E-state index contributed by atoms with van der Waals surface area (Å²) >= 11 is 6.21. The Morgan fingerprint density at radius 2 is 2.38 bits per heavy atom. The summed E-state index contributed by atoms with van der Waals surface area (Å²) in [5.41, 5.74) is 1.24. The molecular formula is C12H20N2S2. The van der Waals surface area contributed by atoms with Crippen LogP contribution in [0.2, 0.25) is 0 Å². The van der Waals surface area contributed by atoms with Crippen molar-refractivity contribution in [3.63, 3.8) is 0 Å². The second kappa shape index (κ2) is 5.41. The standard InChI is InChI=1S/C12H20N2S2/c1-3-10-11(8-15)16-12(13-10)14-6-4-5-9(2)7-14/h9,15H,3-8H2,1-2H3. The van der Waals surface area contributed by atoms with Gasteiger partial charge in [-0.1, -0.05) is 13.8 Å². The van der Waals surface area contributed by atoms with E-state index in [0.29, 0.717) is 0 Å². The molecular weight excluding hydrogens is 236 g/mol. The maximum absolute atomic E-state index is 4.75. The highest BCUT2D eigenvalue weighted by Gasteiger charge is 2.20. The molecule has 2 nitrogen and oxygen atoms in total. The number of piperidine rings is 1. The Balaban J connectivity index is 2.16. The molecule has 1 atom stereocenters. The smallest absolute Gasteiger partial charge is 0.185 e. The lowest BCUT2D eigenvalue weighted by atomic mass is 10.0. The van der Waals surface area contributed by atoms with Gasteiger partial charge in [-0.05, 0) is 25.2 Å². The third-order valence-corrected chi connectivity index (χ3v) is 4.86. The summed E-state index contributed by atoms with van der Waals surface area (Å²) in [6.45, 7) is 6.85. The van der Waals surface area contributed by atoms with Crippen molar-refractivity contribution in [1.82, 2.24) is 4.98 Å². The zero-order chi connectivity index (χ0) is 11.5. The normalized spacial score (nSPS) is 21.4. The summed E-state index contributed by atoms with van der Waals surface area (Å²) in [5.74, 6) is 1.63. The zero-order valence-corrected chi connectivity index (χ0v) is 11.8. The van der Waals surface area contributed by atoms with Crippen molar-refractivity contribution in [2.24, 2.45) is 5.92 Å². The van der Waals surface area contributed by atoms with Gasteiger partial charge in [-0.3, -0.25) is 0 Å². The fourth-order valence-electron chi connectivity index (χ4n) is 2.27. The predicted octanol–water partition coefficient (Wildman–Crippen LogP) is 3.37. The topological polar surface area (TPSA) is 16.1 Å². The summed E-state index contributed by atoms with van der Waals surface area (Å²) in [5, 5.41) is 1.22. The van der Waals surface area contributed by atoms with Gasteiger partial charge in [0.15, 0.2) is 5.13 Å². The first-order valence-corrected chi connectivity index (χ1v) is 7.53. The summed E-state index contributed by atoms with van der Waals surface area (Å²) in [6.07, 6.45) is 3.69. The number of aromatic nitrogens is 1. The molecule has 2 rings (SSSR count). The van der Waals surface area contributed by atoms with Crippen molar-refractivity contribution >= 4 is 29.1 Å². The third kappa shape index (κ3) is 2.54. The Morgan fingerprint density at radius 1 is 1.56 bits per heavy atom. The molecule has 0 aromatic carbocycles. The number of nitrogens with zero attached hydrogens (tertiary/aromatic N) is 2. The van der Waals surface area contributed by atoms with Gasteiger partial charge in [0.05, 0.1) is 5.69 Å². The Hall–Kier alpha value is -0.220. The minimum Gasteiger partial charge on any atom is -0.348 e. The third-order valence-electron chi connectivity index (χ3n) is 3.17. The molecule has 0 aliphatic carbocycles. The van der Waals surface area contributed by atoms with E-state index in [1.165, 1.54) is 41.6 Å². The van der Waals surface area contributed by atoms with Gasteiger partial charge in [-0.25, -0.2) is 4.98 Å². The molecule has 0 N–H and O–H groups in total. The summed E-state index contributed by atoms with van der Waals surface area (Å²) in [7, 11) is 0. The van der Waals surface area contributed by atoms with Gasteiger partial charge >= 0.3 is 0 Å². The van der Waals surface area contributed by atoms with Crippen LogP contribution in [0.1, 0.15) is 37.3 Å². The van der Waals surface area contributed by atoms with Crippen molar-refractivity contribution < 1.29 is 0 Å². The average molecular weight is 256 g/mol. The van der Waals surface area contributed by atoms with Crippen LogP contribution in [0.4, 0.5) is 5.13 Å². The number of aryl methyl sites for hydroxylation is 1. The van der Waals surface area contributed by atoms with Gasteiger partial charge in [-0.2, -0.15) is 12.6 Å². The minimum absolute atomic E-state index is 0.808. The van der Waals surface area contributed by atoms with E-state index in [0.717, 1.165) is 18.1 Å². The van der Waals surface area contributed by atoms with Gasteiger partial charge in [0.25, 0.3) is 0 Å². The van der Waals surface area contributed by atoms with Crippen molar-refractivity contribution in [2.75, 3.05) is 18.0 Å². The van der Waals surface area contributed by atoms with Crippen LogP contribution >= 0.6 is 24.0 Å². The van der Waals surface area contributed by atoms with E-state index in [1.807, 2.05) is 11.3 Å². The molecule has 0 spiro atoms. The number of hydrogen-bond donors (Lipinski definition) is 1. The average Bonchev–Trinajstić information content (AvgIpc) is 2.72. The molecule has 1 aliphatic heterocycles. The Kier molecular flexibility index (Phi) is 4.14. The molecule has 2 heterocycles. The van der Waals surface area contributed by atoms with Crippen LogP contribution in [0.15, 0.2) is 0 Å². The first kappa shape index (κ1) is 12.2. The molecule has 1 unspecified atom stereocenters. The maximum atomic E-state index is 4.75. The van der Waals surface area contributed by atoms with E-state index >= 15 is 0 Å². The van der Waals surface area contributed by atoms with E-state index in [4.69, 9.17) is 4.98 Å². The van der Waals surface area contributed by atoms with Crippen LogP contribution in [0.25, 0.3) is 0 Å². The predicted molar refractivity (Wildman–Crippen MR) is 74.8 cm³/mol. The van der Waals surface area contributed by atoms with E-state index in [9.17, 15) is 0 Å². The lowest BCUT2D eigenvalue weighted by Gasteiger charge is -2.30. The summed E-state index contributed by atoms with van der Waals surface area (Å²) in [4.78, 5) is 8.55. The highest BCUT2D eigenvalue weighted by atomic mass is 32.1. The highest BCUT2D eigenvalue weighted by Crippen LogP contribution is 2.30. The molecule has 90 valence electrons. The van der Waals surface area contributed by atoms with E-state index in [-0.39, 0.29) is 0 Å². The Labute approximate surface area is 107 Å². The SMILES string of the molecule is CCc1nc(N2CCCC(C)C2)sc1CS. The minimum atomic E-state index is 0.808. The Morgan fingerprint density at radius 3 is 2.94 bits per heavy atom. The molecule has 1 fully saturated rings. The van der Waals surface area contributed by atoms with Gasteiger partial charge in [0.1, 0.15) is 0 Å². The summed E-state index contributed by atoms with van der Waals surface area (Å²) < 4.78 is 0. The molecule has 16 heavy (non-hydrogen) atoms. The van der Waals surface area contributed by atoms with Crippen LogP contribution < -0.4 is 4.90 Å². The van der Waals surface area contributed by atoms with E-state index < -0.39 is 0 Å². The van der Waals surface area contributed by atoms with Crippen LogP contribution in [0.5, 0.6) is 0 Å². The van der Waals surface area contributed by atoms with Gasteiger partial charge in [0.2, 0.25) is 0 Å². The molecule has 4 heteroatoms. The zero-order valence-electron chi connectivity index (χ0n) is 10.1. The molecule has 1 aliphatic rings. The van der Waals surface area contributed by atoms with E-state index in [2.05, 4.69) is 31.4 Å². The van der Waals surface area contributed by atoms with Gasteiger partial charge in [-0.15, -0.1) is 11.3 Å². The Bertz CT molecular complexity index is 327. The molecule has 0 amide bonds. The van der Waals surface area contributed by atoms with Crippen LogP contribution in [-0.4, -0.2) is 18.1 Å². The second-order valence-corrected chi connectivity index (χ2v) is 5.95. The maximum Gasteiger partial charge on any atom is 0.185 e.